The summed E-state index contributed by atoms with van der Waals surface area (Å²) in [6.45, 7) is 1.59. The molecule has 0 aromatic heterocycles. The molecule has 0 spiro atoms. The highest BCUT2D eigenvalue weighted by Gasteiger charge is 2.23. The van der Waals surface area contributed by atoms with Crippen LogP contribution in [0.4, 0.5) is 0 Å². The second kappa shape index (κ2) is 2.88. The smallest absolute Gasteiger partial charge is 0.267 e. The SMILES string of the molecule is CCS(=O)(=O)OC1CCC1. The van der Waals surface area contributed by atoms with Gasteiger partial charge >= 0.3 is 0 Å². The first-order valence-electron chi connectivity index (χ1n) is 3.55. The minimum Gasteiger partial charge on any atom is -0.267 e. The van der Waals surface area contributed by atoms with Gasteiger partial charge in [-0.1, -0.05) is 0 Å². The van der Waals surface area contributed by atoms with Crippen molar-refractivity contribution in [3.05, 3.63) is 0 Å². The molecule has 3 nitrogen and oxygen atoms in total. The average molecular weight is 164 g/mol. The number of rotatable bonds is 3. The predicted octanol–water partition coefficient (Wildman–Crippen LogP) is 0.905. The highest BCUT2D eigenvalue weighted by Crippen LogP contribution is 2.23. The molecule has 1 aliphatic carbocycles. The van der Waals surface area contributed by atoms with E-state index in [2.05, 4.69) is 0 Å². The molecule has 0 aromatic rings. The monoisotopic (exact) mass is 164 g/mol. The Bertz CT molecular complexity index is 191. The van der Waals surface area contributed by atoms with E-state index in [4.69, 9.17) is 4.18 Å². The van der Waals surface area contributed by atoms with E-state index in [0.717, 1.165) is 19.3 Å². The highest BCUT2D eigenvalue weighted by molar-refractivity contribution is 7.86. The number of hydrogen-bond donors (Lipinski definition) is 0. The zero-order valence-electron chi connectivity index (χ0n) is 6.04. The van der Waals surface area contributed by atoms with Crippen molar-refractivity contribution >= 4 is 10.1 Å². The largest absolute Gasteiger partial charge is 0.267 e. The minimum absolute atomic E-state index is 0.00931. The fourth-order valence-electron chi connectivity index (χ4n) is 0.742. The van der Waals surface area contributed by atoms with Crippen molar-refractivity contribution in [3.8, 4) is 0 Å². The van der Waals surface area contributed by atoms with E-state index in [1.807, 2.05) is 0 Å². The van der Waals surface area contributed by atoms with Gasteiger partial charge in [0.25, 0.3) is 10.1 Å². The van der Waals surface area contributed by atoms with Gasteiger partial charge in [0.1, 0.15) is 0 Å². The maximum Gasteiger partial charge on any atom is 0.267 e. The number of hydrogen-bond acceptors (Lipinski definition) is 3. The molecule has 1 saturated carbocycles. The molecule has 0 radical (unpaired) electrons. The van der Waals surface area contributed by atoms with Crippen LogP contribution in [0.15, 0.2) is 0 Å². The Hall–Kier alpha value is -0.0900. The van der Waals surface area contributed by atoms with E-state index in [0.29, 0.717) is 0 Å². The van der Waals surface area contributed by atoms with Crippen molar-refractivity contribution < 1.29 is 12.6 Å². The van der Waals surface area contributed by atoms with Crippen LogP contribution in [0.3, 0.4) is 0 Å². The summed E-state index contributed by atoms with van der Waals surface area (Å²) in [5, 5.41) is 0. The van der Waals surface area contributed by atoms with Gasteiger partial charge in [-0.25, -0.2) is 0 Å². The van der Waals surface area contributed by atoms with Crippen LogP contribution in [-0.2, 0) is 14.3 Å². The van der Waals surface area contributed by atoms with Crippen LogP contribution in [0.25, 0.3) is 0 Å². The molecule has 10 heavy (non-hydrogen) atoms. The van der Waals surface area contributed by atoms with Crippen LogP contribution in [-0.4, -0.2) is 20.3 Å². The maximum atomic E-state index is 10.8. The van der Waals surface area contributed by atoms with Crippen molar-refractivity contribution in [2.24, 2.45) is 0 Å². The van der Waals surface area contributed by atoms with Gasteiger partial charge in [0.05, 0.1) is 11.9 Å². The van der Waals surface area contributed by atoms with Crippen molar-refractivity contribution in [1.82, 2.24) is 0 Å². The van der Waals surface area contributed by atoms with Crippen LogP contribution < -0.4 is 0 Å². The van der Waals surface area contributed by atoms with Gasteiger partial charge in [-0.2, -0.15) is 8.42 Å². The van der Waals surface area contributed by atoms with Crippen LogP contribution in [0.2, 0.25) is 0 Å². The Balaban J connectivity index is 2.36. The van der Waals surface area contributed by atoms with E-state index in [9.17, 15) is 8.42 Å². The van der Waals surface area contributed by atoms with Gasteiger partial charge in [0.2, 0.25) is 0 Å². The fraction of sp³-hybridized carbons (Fsp3) is 1.00. The third-order valence-electron chi connectivity index (χ3n) is 1.69. The first-order valence-corrected chi connectivity index (χ1v) is 5.13. The molecular formula is C6H12O3S. The van der Waals surface area contributed by atoms with Gasteiger partial charge in [-0.3, -0.25) is 4.18 Å². The van der Waals surface area contributed by atoms with Gasteiger partial charge in [-0.05, 0) is 26.2 Å². The van der Waals surface area contributed by atoms with Crippen LogP contribution in [0.5, 0.6) is 0 Å². The molecule has 0 bridgehead atoms. The molecular weight excluding hydrogens is 152 g/mol. The predicted molar refractivity (Wildman–Crippen MR) is 38.2 cm³/mol. The normalized spacial score (nSPS) is 20.5. The van der Waals surface area contributed by atoms with Gasteiger partial charge in [0.15, 0.2) is 0 Å². The Morgan fingerprint density at radius 1 is 1.50 bits per heavy atom. The molecule has 0 atom stereocenters. The quantitative estimate of drug-likeness (QED) is 0.582. The van der Waals surface area contributed by atoms with E-state index in [-0.39, 0.29) is 11.9 Å². The van der Waals surface area contributed by atoms with E-state index < -0.39 is 10.1 Å². The molecule has 4 heteroatoms. The molecule has 0 unspecified atom stereocenters. The van der Waals surface area contributed by atoms with Gasteiger partial charge in [-0.15, -0.1) is 0 Å². The van der Waals surface area contributed by atoms with Gasteiger partial charge in [0, 0.05) is 0 Å². The molecule has 0 amide bonds. The summed E-state index contributed by atoms with van der Waals surface area (Å²) in [6.07, 6.45) is 2.90. The Kier molecular flexibility index (Phi) is 2.31. The molecule has 0 N–H and O–H groups in total. The lowest BCUT2D eigenvalue weighted by molar-refractivity contribution is 0.128. The second-order valence-corrected chi connectivity index (χ2v) is 4.38. The molecule has 0 aliphatic heterocycles. The third kappa shape index (κ3) is 1.95. The highest BCUT2D eigenvalue weighted by atomic mass is 32.2. The minimum atomic E-state index is -3.18. The topological polar surface area (TPSA) is 43.4 Å². The third-order valence-corrected chi connectivity index (χ3v) is 2.96. The molecule has 1 aliphatic rings. The summed E-state index contributed by atoms with van der Waals surface area (Å²) in [5.41, 5.74) is 0. The van der Waals surface area contributed by atoms with Gasteiger partial charge < -0.3 is 0 Å². The van der Waals surface area contributed by atoms with Crippen molar-refractivity contribution in [3.63, 3.8) is 0 Å². The maximum absolute atomic E-state index is 10.8. The molecule has 60 valence electrons. The van der Waals surface area contributed by atoms with Crippen LogP contribution in [0.1, 0.15) is 26.2 Å². The van der Waals surface area contributed by atoms with Crippen molar-refractivity contribution in [2.75, 3.05) is 5.75 Å². The fourth-order valence-corrected chi connectivity index (χ4v) is 1.49. The molecule has 0 saturated heterocycles. The summed E-state index contributed by atoms with van der Waals surface area (Å²) in [6, 6.07) is 0. The standard InChI is InChI=1S/C6H12O3S/c1-2-10(7,8)9-6-4-3-5-6/h6H,2-5H2,1H3. The Morgan fingerprint density at radius 3 is 2.40 bits per heavy atom. The Labute approximate surface area is 61.5 Å². The summed E-state index contributed by atoms with van der Waals surface area (Å²) in [5.74, 6) is 0.0868. The first kappa shape index (κ1) is 8.01. The lowest BCUT2D eigenvalue weighted by atomic mass is 9.97. The molecule has 1 rings (SSSR count). The van der Waals surface area contributed by atoms with Crippen molar-refractivity contribution in [1.29, 1.82) is 0 Å². The summed E-state index contributed by atoms with van der Waals surface area (Å²) >= 11 is 0. The summed E-state index contributed by atoms with van der Waals surface area (Å²) in [4.78, 5) is 0. The Morgan fingerprint density at radius 2 is 2.10 bits per heavy atom. The molecule has 1 fully saturated rings. The van der Waals surface area contributed by atoms with Crippen LogP contribution >= 0.6 is 0 Å². The molecule has 0 aromatic carbocycles. The second-order valence-electron chi connectivity index (χ2n) is 2.50. The summed E-state index contributed by atoms with van der Waals surface area (Å²) in [7, 11) is -3.18. The van der Waals surface area contributed by atoms with E-state index in [1.54, 1.807) is 6.92 Å². The average Bonchev–Trinajstić information content (AvgIpc) is 1.80. The first-order chi connectivity index (χ1) is 4.64. The van der Waals surface area contributed by atoms with Crippen molar-refractivity contribution in [2.45, 2.75) is 32.3 Å². The van der Waals surface area contributed by atoms with E-state index in [1.165, 1.54) is 0 Å². The zero-order chi connectivity index (χ0) is 7.61. The summed E-state index contributed by atoms with van der Waals surface area (Å²) < 4.78 is 26.4. The lowest BCUT2D eigenvalue weighted by Crippen LogP contribution is -2.25. The lowest BCUT2D eigenvalue weighted by Gasteiger charge is -2.24. The van der Waals surface area contributed by atoms with Crippen LogP contribution in [0, 0.1) is 0 Å². The zero-order valence-corrected chi connectivity index (χ0v) is 6.86. The van der Waals surface area contributed by atoms with E-state index >= 15 is 0 Å². The molecule has 0 heterocycles.